The van der Waals surface area contributed by atoms with Crippen LogP contribution in [-0.4, -0.2) is 11.6 Å². The lowest BCUT2D eigenvalue weighted by atomic mass is 10.0. The highest BCUT2D eigenvalue weighted by Gasteiger charge is 2.18. The fraction of sp³-hybridized carbons (Fsp3) is 0.308. The monoisotopic (exact) mass is 251 g/mol. The molecular formula is C13H11ClFNO. The Hall–Kier alpha value is -1.19. The third-order valence-corrected chi connectivity index (χ3v) is 3.52. The number of hydrogen-bond acceptors (Lipinski definition) is 2. The lowest BCUT2D eigenvalue weighted by Crippen LogP contribution is -2.13. The molecule has 0 spiro atoms. The van der Waals surface area contributed by atoms with Crippen LogP contribution in [0.25, 0.3) is 10.9 Å². The van der Waals surface area contributed by atoms with E-state index < -0.39 is 0 Å². The van der Waals surface area contributed by atoms with Gasteiger partial charge in [-0.3, -0.25) is 4.98 Å². The van der Waals surface area contributed by atoms with Crippen LogP contribution in [0.2, 0.25) is 5.02 Å². The van der Waals surface area contributed by atoms with E-state index in [-0.39, 0.29) is 5.82 Å². The summed E-state index contributed by atoms with van der Waals surface area (Å²) in [6.07, 6.45) is 0.766. The summed E-state index contributed by atoms with van der Waals surface area (Å²) in [4.78, 5) is 4.59. The van der Waals surface area contributed by atoms with Crippen LogP contribution in [0.4, 0.5) is 4.39 Å². The summed E-state index contributed by atoms with van der Waals surface area (Å²) in [5.41, 5.74) is 3.48. The lowest BCUT2D eigenvalue weighted by molar-refractivity contribution is 0.109. The highest BCUT2D eigenvalue weighted by molar-refractivity contribution is 6.36. The van der Waals surface area contributed by atoms with Gasteiger partial charge < -0.3 is 4.74 Å². The van der Waals surface area contributed by atoms with Gasteiger partial charge in [0.1, 0.15) is 5.82 Å². The Bertz CT molecular complexity index is 612. The molecule has 17 heavy (non-hydrogen) atoms. The zero-order valence-corrected chi connectivity index (χ0v) is 10.1. The lowest BCUT2D eigenvalue weighted by Gasteiger charge is -2.18. The van der Waals surface area contributed by atoms with Crippen molar-refractivity contribution in [2.45, 2.75) is 20.0 Å². The number of benzene rings is 1. The zero-order valence-electron chi connectivity index (χ0n) is 9.39. The van der Waals surface area contributed by atoms with E-state index in [0.717, 1.165) is 28.8 Å². The fourth-order valence-corrected chi connectivity index (χ4v) is 2.55. The second-order valence-corrected chi connectivity index (χ2v) is 4.65. The van der Waals surface area contributed by atoms with Crippen LogP contribution >= 0.6 is 11.6 Å². The van der Waals surface area contributed by atoms with Crippen LogP contribution in [0.3, 0.4) is 0 Å². The standard InChI is InChI=1S/C13H11ClFNO/c1-7-4-8(15)5-9-12(14)10-6-17-3-2-11(10)16-13(7)9/h4-5H,2-3,6H2,1H3. The Labute approximate surface area is 103 Å². The predicted molar refractivity (Wildman–Crippen MR) is 64.8 cm³/mol. The second kappa shape index (κ2) is 3.93. The molecule has 1 aromatic heterocycles. The average molecular weight is 252 g/mol. The van der Waals surface area contributed by atoms with Gasteiger partial charge in [-0.05, 0) is 24.6 Å². The Kier molecular flexibility index (Phi) is 2.53. The minimum Gasteiger partial charge on any atom is -0.376 e. The Morgan fingerprint density at radius 1 is 1.41 bits per heavy atom. The van der Waals surface area contributed by atoms with Gasteiger partial charge in [0.25, 0.3) is 0 Å². The number of hydrogen-bond donors (Lipinski definition) is 0. The van der Waals surface area contributed by atoms with Crippen LogP contribution in [-0.2, 0) is 17.8 Å². The van der Waals surface area contributed by atoms with Gasteiger partial charge in [0, 0.05) is 17.4 Å². The number of nitrogens with zero attached hydrogens (tertiary/aromatic N) is 1. The molecule has 0 amide bonds. The van der Waals surface area contributed by atoms with E-state index in [2.05, 4.69) is 4.98 Å². The maximum Gasteiger partial charge on any atom is 0.124 e. The summed E-state index contributed by atoms with van der Waals surface area (Å²) < 4.78 is 18.8. The van der Waals surface area contributed by atoms with E-state index in [0.29, 0.717) is 23.6 Å². The number of halogens is 2. The molecule has 0 unspecified atom stereocenters. The van der Waals surface area contributed by atoms with Crippen molar-refractivity contribution in [3.63, 3.8) is 0 Å². The highest BCUT2D eigenvalue weighted by atomic mass is 35.5. The summed E-state index contributed by atoms with van der Waals surface area (Å²) in [7, 11) is 0. The van der Waals surface area contributed by atoms with Crippen molar-refractivity contribution >= 4 is 22.5 Å². The molecule has 0 saturated carbocycles. The number of aryl methyl sites for hydroxylation is 1. The van der Waals surface area contributed by atoms with Gasteiger partial charge >= 0.3 is 0 Å². The van der Waals surface area contributed by atoms with E-state index in [9.17, 15) is 4.39 Å². The molecule has 0 saturated heterocycles. The molecule has 4 heteroatoms. The molecule has 3 rings (SSSR count). The van der Waals surface area contributed by atoms with Gasteiger partial charge in [-0.15, -0.1) is 0 Å². The van der Waals surface area contributed by atoms with Crippen molar-refractivity contribution in [1.82, 2.24) is 4.98 Å². The quantitative estimate of drug-likeness (QED) is 0.716. The highest BCUT2D eigenvalue weighted by Crippen LogP contribution is 2.32. The SMILES string of the molecule is Cc1cc(F)cc2c(Cl)c3c(nc12)CCOC3. The third kappa shape index (κ3) is 1.70. The van der Waals surface area contributed by atoms with Gasteiger partial charge in [-0.1, -0.05) is 11.6 Å². The minimum atomic E-state index is -0.282. The van der Waals surface area contributed by atoms with E-state index in [1.807, 2.05) is 6.92 Å². The number of aromatic nitrogens is 1. The first-order valence-corrected chi connectivity index (χ1v) is 5.89. The summed E-state index contributed by atoms with van der Waals surface area (Å²) >= 11 is 6.32. The fourth-order valence-electron chi connectivity index (χ4n) is 2.24. The first kappa shape index (κ1) is 10.9. The Morgan fingerprint density at radius 2 is 2.24 bits per heavy atom. The van der Waals surface area contributed by atoms with E-state index in [1.165, 1.54) is 12.1 Å². The predicted octanol–water partition coefficient (Wildman–Crippen LogP) is 3.41. The summed E-state index contributed by atoms with van der Waals surface area (Å²) in [6, 6.07) is 2.92. The molecule has 2 nitrogen and oxygen atoms in total. The number of fused-ring (bicyclic) bond motifs is 2. The number of pyridine rings is 1. The summed E-state index contributed by atoms with van der Waals surface area (Å²) in [5, 5.41) is 1.25. The van der Waals surface area contributed by atoms with Crippen LogP contribution in [0.15, 0.2) is 12.1 Å². The largest absolute Gasteiger partial charge is 0.376 e. The molecule has 2 heterocycles. The number of ether oxygens (including phenoxy) is 1. The first-order valence-electron chi connectivity index (χ1n) is 5.51. The first-order chi connectivity index (χ1) is 8.16. The normalized spacial score (nSPS) is 15.0. The topological polar surface area (TPSA) is 22.1 Å². The molecule has 88 valence electrons. The molecular weight excluding hydrogens is 241 g/mol. The van der Waals surface area contributed by atoms with Gasteiger partial charge in [0.05, 0.1) is 29.4 Å². The van der Waals surface area contributed by atoms with Crippen LogP contribution in [0, 0.1) is 12.7 Å². The molecule has 0 N–H and O–H groups in total. The molecule has 1 aliphatic rings. The van der Waals surface area contributed by atoms with Gasteiger partial charge in [0.2, 0.25) is 0 Å². The summed E-state index contributed by atoms with van der Waals surface area (Å²) in [5.74, 6) is -0.282. The molecule has 0 radical (unpaired) electrons. The minimum absolute atomic E-state index is 0.282. The molecule has 0 atom stereocenters. The Morgan fingerprint density at radius 3 is 3.06 bits per heavy atom. The Balaban J connectivity index is 2.40. The van der Waals surface area contributed by atoms with Gasteiger partial charge in [-0.2, -0.15) is 0 Å². The molecule has 2 aromatic rings. The molecule has 0 bridgehead atoms. The second-order valence-electron chi connectivity index (χ2n) is 4.27. The van der Waals surface area contributed by atoms with E-state index in [4.69, 9.17) is 16.3 Å². The molecule has 1 aromatic carbocycles. The van der Waals surface area contributed by atoms with E-state index >= 15 is 0 Å². The molecule has 0 aliphatic carbocycles. The van der Waals surface area contributed by atoms with Crippen LogP contribution in [0.1, 0.15) is 16.8 Å². The van der Waals surface area contributed by atoms with Crippen molar-refractivity contribution in [3.8, 4) is 0 Å². The van der Waals surface area contributed by atoms with E-state index in [1.54, 1.807) is 0 Å². The molecule has 1 aliphatic heterocycles. The van der Waals surface area contributed by atoms with Crippen LogP contribution < -0.4 is 0 Å². The van der Waals surface area contributed by atoms with Gasteiger partial charge in [-0.25, -0.2) is 4.39 Å². The number of rotatable bonds is 0. The summed E-state index contributed by atoms with van der Waals surface area (Å²) in [6.45, 7) is 2.98. The maximum atomic E-state index is 13.4. The van der Waals surface area contributed by atoms with Crippen molar-refractivity contribution in [2.24, 2.45) is 0 Å². The smallest absolute Gasteiger partial charge is 0.124 e. The average Bonchev–Trinajstić information content (AvgIpc) is 2.31. The maximum absolute atomic E-state index is 13.4. The molecule has 0 fully saturated rings. The third-order valence-electron chi connectivity index (χ3n) is 3.09. The van der Waals surface area contributed by atoms with Crippen molar-refractivity contribution in [3.05, 3.63) is 39.8 Å². The van der Waals surface area contributed by atoms with Crippen molar-refractivity contribution < 1.29 is 9.13 Å². The van der Waals surface area contributed by atoms with Crippen molar-refractivity contribution in [1.29, 1.82) is 0 Å². The van der Waals surface area contributed by atoms with Crippen LogP contribution in [0.5, 0.6) is 0 Å². The van der Waals surface area contributed by atoms with Gasteiger partial charge in [0.15, 0.2) is 0 Å². The zero-order chi connectivity index (χ0) is 12.0. The van der Waals surface area contributed by atoms with Crippen molar-refractivity contribution in [2.75, 3.05) is 6.61 Å².